The van der Waals surface area contributed by atoms with Crippen molar-refractivity contribution in [1.29, 1.82) is 0 Å². The first-order valence-electron chi connectivity index (χ1n) is 6.60. The first-order chi connectivity index (χ1) is 8.83. The average Bonchev–Trinajstić information content (AvgIpc) is 2.89. The van der Waals surface area contributed by atoms with Crippen LogP contribution in [0.3, 0.4) is 0 Å². The molecule has 2 N–H and O–H groups in total. The number of anilines is 2. The number of hydrogen-bond donors (Lipinski definition) is 1. The Balaban J connectivity index is 1.64. The van der Waals surface area contributed by atoms with Crippen LogP contribution < -0.4 is 10.6 Å². The van der Waals surface area contributed by atoms with Crippen LogP contribution >= 0.6 is 0 Å². The third-order valence-corrected chi connectivity index (χ3v) is 3.84. The van der Waals surface area contributed by atoms with Gasteiger partial charge in [-0.3, -0.25) is 9.88 Å². The SMILES string of the molecule is Nc1cncc(N2CCC(N3CCOCC3)C2)c1. The lowest BCUT2D eigenvalue weighted by atomic mass is 10.2. The predicted octanol–water partition coefficient (Wildman–Crippen LogP) is 0.575. The number of pyridine rings is 1. The molecule has 0 spiro atoms. The molecule has 98 valence electrons. The Hall–Kier alpha value is -1.33. The molecule has 2 aliphatic heterocycles. The van der Waals surface area contributed by atoms with E-state index in [1.165, 1.54) is 6.42 Å². The summed E-state index contributed by atoms with van der Waals surface area (Å²) in [5.74, 6) is 0. The summed E-state index contributed by atoms with van der Waals surface area (Å²) in [4.78, 5) is 9.09. The van der Waals surface area contributed by atoms with Crippen LogP contribution in [0.4, 0.5) is 11.4 Å². The minimum absolute atomic E-state index is 0.648. The first kappa shape index (κ1) is 11.7. The van der Waals surface area contributed by atoms with E-state index in [0.717, 1.165) is 50.8 Å². The molecule has 0 amide bonds. The number of nitrogen functional groups attached to an aromatic ring is 1. The van der Waals surface area contributed by atoms with Crippen molar-refractivity contribution in [1.82, 2.24) is 9.88 Å². The van der Waals surface area contributed by atoms with Crippen LogP contribution in [0.5, 0.6) is 0 Å². The largest absolute Gasteiger partial charge is 0.397 e. The van der Waals surface area contributed by atoms with Gasteiger partial charge in [0.1, 0.15) is 0 Å². The lowest BCUT2D eigenvalue weighted by Gasteiger charge is -2.32. The first-order valence-corrected chi connectivity index (χ1v) is 6.60. The van der Waals surface area contributed by atoms with Crippen molar-refractivity contribution in [3.05, 3.63) is 18.5 Å². The second kappa shape index (κ2) is 5.12. The summed E-state index contributed by atoms with van der Waals surface area (Å²) >= 11 is 0. The van der Waals surface area contributed by atoms with Gasteiger partial charge < -0.3 is 15.4 Å². The lowest BCUT2D eigenvalue weighted by molar-refractivity contribution is 0.0209. The van der Waals surface area contributed by atoms with Crippen molar-refractivity contribution < 1.29 is 4.74 Å². The molecule has 2 aliphatic rings. The van der Waals surface area contributed by atoms with Crippen molar-refractivity contribution in [3.63, 3.8) is 0 Å². The van der Waals surface area contributed by atoms with E-state index in [1.807, 2.05) is 12.3 Å². The molecule has 3 heterocycles. The van der Waals surface area contributed by atoms with Crippen LogP contribution in [0.1, 0.15) is 6.42 Å². The zero-order valence-corrected chi connectivity index (χ0v) is 10.6. The summed E-state index contributed by atoms with van der Waals surface area (Å²) in [6, 6.07) is 2.66. The Kier molecular flexibility index (Phi) is 3.34. The van der Waals surface area contributed by atoms with Gasteiger partial charge in [-0.2, -0.15) is 0 Å². The van der Waals surface area contributed by atoms with Crippen LogP contribution in [-0.2, 0) is 4.74 Å². The predicted molar refractivity (Wildman–Crippen MR) is 71.7 cm³/mol. The fourth-order valence-electron chi connectivity index (χ4n) is 2.83. The minimum Gasteiger partial charge on any atom is -0.397 e. The Labute approximate surface area is 108 Å². The maximum Gasteiger partial charge on any atom is 0.0594 e. The Morgan fingerprint density at radius 3 is 2.83 bits per heavy atom. The minimum atomic E-state index is 0.648. The average molecular weight is 248 g/mol. The number of hydrogen-bond acceptors (Lipinski definition) is 5. The molecule has 1 atom stereocenters. The van der Waals surface area contributed by atoms with Gasteiger partial charge in [-0.25, -0.2) is 0 Å². The summed E-state index contributed by atoms with van der Waals surface area (Å²) in [5.41, 5.74) is 7.67. The molecule has 1 aromatic heterocycles. The van der Waals surface area contributed by atoms with E-state index in [0.29, 0.717) is 6.04 Å². The molecule has 0 radical (unpaired) electrons. The molecule has 18 heavy (non-hydrogen) atoms. The highest BCUT2D eigenvalue weighted by Gasteiger charge is 2.28. The van der Waals surface area contributed by atoms with Gasteiger partial charge in [0.25, 0.3) is 0 Å². The van der Waals surface area contributed by atoms with Crippen molar-refractivity contribution in [2.75, 3.05) is 50.0 Å². The monoisotopic (exact) mass is 248 g/mol. The topological polar surface area (TPSA) is 54.6 Å². The van der Waals surface area contributed by atoms with E-state index in [4.69, 9.17) is 10.5 Å². The third kappa shape index (κ3) is 2.42. The molecule has 0 saturated carbocycles. The number of nitrogens with zero attached hydrogens (tertiary/aromatic N) is 3. The van der Waals surface area contributed by atoms with Crippen molar-refractivity contribution in [2.24, 2.45) is 0 Å². The van der Waals surface area contributed by atoms with E-state index < -0.39 is 0 Å². The fraction of sp³-hybridized carbons (Fsp3) is 0.615. The number of nitrogens with two attached hydrogens (primary N) is 1. The second-order valence-electron chi connectivity index (χ2n) is 5.01. The van der Waals surface area contributed by atoms with Crippen LogP contribution in [0.15, 0.2) is 18.5 Å². The van der Waals surface area contributed by atoms with E-state index in [1.54, 1.807) is 6.20 Å². The van der Waals surface area contributed by atoms with Crippen LogP contribution in [0.2, 0.25) is 0 Å². The summed E-state index contributed by atoms with van der Waals surface area (Å²) < 4.78 is 5.40. The number of morpholine rings is 1. The van der Waals surface area contributed by atoms with Gasteiger partial charge in [-0.05, 0) is 12.5 Å². The van der Waals surface area contributed by atoms with Gasteiger partial charge in [0.15, 0.2) is 0 Å². The molecule has 5 nitrogen and oxygen atoms in total. The maximum absolute atomic E-state index is 5.79. The standard InChI is InChI=1S/C13H20N4O/c14-11-7-13(9-15-8-11)17-2-1-12(10-17)16-3-5-18-6-4-16/h7-9,12H,1-6,10,14H2. The zero-order chi connectivity index (χ0) is 12.4. The number of ether oxygens (including phenoxy) is 1. The second-order valence-corrected chi connectivity index (χ2v) is 5.01. The third-order valence-electron chi connectivity index (χ3n) is 3.84. The van der Waals surface area contributed by atoms with Crippen molar-refractivity contribution >= 4 is 11.4 Å². The van der Waals surface area contributed by atoms with Gasteiger partial charge in [-0.15, -0.1) is 0 Å². The highest BCUT2D eigenvalue weighted by atomic mass is 16.5. The van der Waals surface area contributed by atoms with Gasteiger partial charge >= 0.3 is 0 Å². The molecule has 2 saturated heterocycles. The van der Waals surface area contributed by atoms with Crippen molar-refractivity contribution in [2.45, 2.75) is 12.5 Å². The normalized spacial score (nSPS) is 25.6. The Morgan fingerprint density at radius 2 is 2.06 bits per heavy atom. The highest BCUT2D eigenvalue weighted by Crippen LogP contribution is 2.24. The van der Waals surface area contributed by atoms with E-state index in [-0.39, 0.29) is 0 Å². The van der Waals surface area contributed by atoms with Crippen LogP contribution in [0, 0.1) is 0 Å². The molecule has 0 bridgehead atoms. The van der Waals surface area contributed by atoms with Gasteiger partial charge in [0, 0.05) is 38.4 Å². The molecule has 1 unspecified atom stereocenters. The molecular formula is C13H20N4O. The van der Waals surface area contributed by atoms with E-state index in [9.17, 15) is 0 Å². The lowest BCUT2D eigenvalue weighted by Crippen LogP contribution is -2.44. The smallest absolute Gasteiger partial charge is 0.0594 e. The Morgan fingerprint density at radius 1 is 1.22 bits per heavy atom. The van der Waals surface area contributed by atoms with Gasteiger partial charge in [0.05, 0.1) is 30.8 Å². The maximum atomic E-state index is 5.79. The molecule has 2 fully saturated rings. The summed E-state index contributed by atoms with van der Waals surface area (Å²) in [7, 11) is 0. The molecule has 3 rings (SSSR count). The molecule has 5 heteroatoms. The van der Waals surface area contributed by atoms with Crippen LogP contribution in [-0.4, -0.2) is 55.3 Å². The van der Waals surface area contributed by atoms with Gasteiger partial charge in [-0.1, -0.05) is 0 Å². The molecule has 0 aliphatic carbocycles. The quantitative estimate of drug-likeness (QED) is 0.829. The van der Waals surface area contributed by atoms with Crippen LogP contribution in [0.25, 0.3) is 0 Å². The molecule has 1 aromatic rings. The molecular weight excluding hydrogens is 228 g/mol. The van der Waals surface area contributed by atoms with Gasteiger partial charge in [0.2, 0.25) is 0 Å². The number of aromatic nitrogens is 1. The Bertz CT molecular complexity index is 406. The summed E-state index contributed by atoms with van der Waals surface area (Å²) in [5, 5.41) is 0. The zero-order valence-electron chi connectivity index (χ0n) is 10.6. The van der Waals surface area contributed by atoms with E-state index >= 15 is 0 Å². The van der Waals surface area contributed by atoms with Crippen molar-refractivity contribution in [3.8, 4) is 0 Å². The fourth-order valence-corrected chi connectivity index (χ4v) is 2.83. The summed E-state index contributed by atoms with van der Waals surface area (Å²) in [6.07, 6.45) is 4.81. The molecule has 0 aromatic carbocycles. The number of rotatable bonds is 2. The van der Waals surface area contributed by atoms with E-state index in [2.05, 4.69) is 14.8 Å². The highest BCUT2D eigenvalue weighted by molar-refractivity contribution is 5.54. The summed E-state index contributed by atoms with van der Waals surface area (Å²) in [6.45, 7) is 6.03.